The summed E-state index contributed by atoms with van der Waals surface area (Å²) in [6.07, 6.45) is 16.0. The predicted molar refractivity (Wildman–Crippen MR) is 131 cm³/mol. The third-order valence-corrected chi connectivity index (χ3v) is 10.9. The van der Waals surface area contributed by atoms with E-state index >= 15 is 0 Å². The molecule has 7 atom stereocenters. The lowest BCUT2D eigenvalue weighted by atomic mass is 9.47. The maximum absolute atomic E-state index is 12.6. The normalized spacial score (nSPS) is 43.1. The summed E-state index contributed by atoms with van der Waals surface area (Å²) in [5.41, 5.74) is 2.04. The van der Waals surface area contributed by atoms with Gasteiger partial charge in [0.25, 0.3) is 0 Å². The monoisotopic (exact) mass is 455 g/mol. The number of ketones is 1. The maximum Gasteiger partial charge on any atom is 0.307 e. The number of rotatable bonds is 5. The van der Waals surface area contributed by atoms with Crippen LogP contribution in [0.2, 0.25) is 0 Å². The molecule has 184 valence electrons. The van der Waals surface area contributed by atoms with Crippen LogP contribution in [0.25, 0.3) is 0 Å². The van der Waals surface area contributed by atoms with Gasteiger partial charge in [-0.05, 0) is 106 Å². The molecule has 1 aliphatic heterocycles. The van der Waals surface area contributed by atoms with Gasteiger partial charge in [-0.3, -0.25) is 9.59 Å². The van der Waals surface area contributed by atoms with Gasteiger partial charge in [0, 0.05) is 18.9 Å². The van der Waals surface area contributed by atoms with E-state index in [0.29, 0.717) is 18.1 Å². The van der Waals surface area contributed by atoms with Crippen LogP contribution in [0.15, 0.2) is 11.6 Å². The topological polar surface area (TPSA) is 46.6 Å². The summed E-state index contributed by atoms with van der Waals surface area (Å²) in [4.78, 5) is 27.4. The van der Waals surface area contributed by atoms with Crippen molar-refractivity contribution in [2.24, 2.45) is 34.5 Å². The number of Topliss-reactive ketones (excluding diaryl/α,β-unsaturated/α-hetero) is 1. The third kappa shape index (κ3) is 4.23. The molecular weight excluding hydrogens is 410 g/mol. The minimum absolute atomic E-state index is 0.00174. The zero-order valence-corrected chi connectivity index (χ0v) is 21.2. The van der Waals surface area contributed by atoms with Gasteiger partial charge < -0.3 is 9.64 Å². The average molecular weight is 456 g/mol. The standard InChI is InChI=1S/C29H45NO3/c1-20(31)24-9-10-25-23-8-7-21-19-22(33-27(32)13-18-30-16-5-4-6-17-30)11-14-28(21,2)26(23)12-15-29(24,25)3/h7,22-26H,4-6,8-19H2,1-3H3/t22-,23+,24+,25-,26-,28+,29-/m1/s1. The summed E-state index contributed by atoms with van der Waals surface area (Å²) in [6.45, 7) is 9.88. The van der Waals surface area contributed by atoms with Crippen LogP contribution in [-0.2, 0) is 14.3 Å². The molecule has 0 unspecified atom stereocenters. The van der Waals surface area contributed by atoms with Crippen LogP contribution in [0.4, 0.5) is 0 Å². The highest BCUT2D eigenvalue weighted by Crippen LogP contribution is 2.66. The number of hydrogen-bond acceptors (Lipinski definition) is 4. The van der Waals surface area contributed by atoms with Gasteiger partial charge in [-0.15, -0.1) is 0 Å². The smallest absolute Gasteiger partial charge is 0.307 e. The van der Waals surface area contributed by atoms with Gasteiger partial charge in [0.2, 0.25) is 0 Å². The molecule has 33 heavy (non-hydrogen) atoms. The molecule has 3 saturated carbocycles. The first-order chi connectivity index (χ1) is 15.8. The Morgan fingerprint density at radius 1 is 1.03 bits per heavy atom. The largest absolute Gasteiger partial charge is 0.462 e. The molecule has 0 radical (unpaired) electrons. The molecule has 4 aliphatic carbocycles. The molecule has 0 N–H and O–H groups in total. The van der Waals surface area contributed by atoms with Gasteiger partial charge in [-0.25, -0.2) is 0 Å². The van der Waals surface area contributed by atoms with Crippen molar-refractivity contribution in [2.45, 2.75) is 104 Å². The van der Waals surface area contributed by atoms with E-state index in [4.69, 9.17) is 4.74 Å². The van der Waals surface area contributed by atoms with E-state index in [1.165, 1.54) is 38.5 Å². The molecule has 0 amide bonds. The SMILES string of the molecule is CC(=O)[C@@H]1CC[C@@H]2[C@@H]3CC=C4C[C@H](OC(=O)CCN5CCCCC5)CC[C@]4(C)[C@@H]3CC[C@@]21C. The van der Waals surface area contributed by atoms with Crippen LogP contribution in [0, 0.1) is 34.5 Å². The van der Waals surface area contributed by atoms with Crippen molar-refractivity contribution >= 4 is 11.8 Å². The summed E-state index contributed by atoms with van der Waals surface area (Å²) < 4.78 is 5.99. The number of carbonyl (C=O) groups is 2. The first kappa shape index (κ1) is 23.6. The molecule has 1 heterocycles. The summed E-state index contributed by atoms with van der Waals surface area (Å²) in [7, 11) is 0. The second-order valence-corrected chi connectivity index (χ2v) is 12.6. The number of carbonyl (C=O) groups excluding carboxylic acids is 2. The van der Waals surface area contributed by atoms with Crippen molar-refractivity contribution in [3.8, 4) is 0 Å². The molecule has 0 aromatic carbocycles. The number of ether oxygens (including phenoxy) is 1. The molecule has 5 rings (SSSR count). The highest BCUT2D eigenvalue weighted by atomic mass is 16.5. The minimum atomic E-state index is -0.00174. The molecule has 0 bridgehead atoms. The van der Waals surface area contributed by atoms with Crippen LogP contribution in [0.1, 0.15) is 97.8 Å². The summed E-state index contributed by atoms with van der Waals surface area (Å²) in [6, 6.07) is 0. The van der Waals surface area contributed by atoms with Crippen molar-refractivity contribution in [2.75, 3.05) is 19.6 Å². The fourth-order valence-electron chi connectivity index (χ4n) is 9.07. The molecule has 4 fully saturated rings. The molecule has 4 heteroatoms. The van der Waals surface area contributed by atoms with Gasteiger partial charge in [0.05, 0.1) is 6.42 Å². The van der Waals surface area contributed by atoms with Crippen LogP contribution in [0.3, 0.4) is 0 Å². The molecule has 0 aromatic rings. The number of piperidine rings is 1. The molecule has 0 aromatic heterocycles. The van der Waals surface area contributed by atoms with Crippen molar-refractivity contribution in [3.05, 3.63) is 11.6 Å². The van der Waals surface area contributed by atoms with E-state index in [2.05, 4.69) is 24.8 Å². The lowest BCUT2D eigenvalue weighted by molar-refractivity contribution is -0.152. The van der Waals surface area contributed by atoms with E-state index in [0.717, 1.165) is 63.6 Å². The van der Waals surface area contributed by atoms with Crippen LogP contribution in [0.5, 0.6) is 0 Å². The molecule has 5 aliphatic rings. The number of hydrogen-bond donors (Lipinski definition) is 0. The molecular formula is C29H45NO3. The van der Waals surface area contributed by atoms with E-state index in [9.17, 15) is 9.59 Å². The number of likely N-dealkylation sites (tertiary alicyclic amines) is 1. The Kier molecular flexibility index (Phi) is 6.52. The summed E-state index contributed by atoms with van der Waals surface area (Å²) in [5, 5.41) is 0. The number of allylic oxidation sites excluding steroid dienone is 1. The highest BCUT2D eigenvalue weighted by molar-refractivity contribution is 5.79. The maximum atomic E-state index is 12.6. The zero-order chi connectivity index (χ0) is 23.2. The lowest BCUT2D eigenvalue weighted by Gasteiger charge is -2.58. The van der Waals surface area contributed by atoms with Gasteiger partial charge >= 0.3 is 5.97 Å². The fourth-order valence-corrected chi connectivity index (χ4v) is 9.07. The number of fused-ring (bicyclic) bond motifs is 5. The first-order valence-corrected chi connectivity index (χ1v) is 13.9. The second kappa shape index (κ2) is 9.13. The summed E-state index contributed by atoms with van der Waals surface area (Å²) >= 11 is 0. The van der Waals surface area contributed by atoms with Crippen molar-refractivity contribution in [3.63, 3.8) is 0 Å². The van der Waals surface area contributed by atoms with E-state index in [-0.39, 0.29) is 28.8 Å². The number of nitrogens with zero attached hydrogens (tertiary/aromatic N) is 1. The predicted octanol–water partition coefficient (Wildman–Crippen LogP) is 5.94. The van der Waals surface area contributed by atoms with E-state index < -0.39 is 0 Å². The van der Waals surface area contributed by atoms with Crippen LogP contribution >= 0.6 is 0 Å². The van der Waals surface area contributed by atoms with Gasteiger partial charge in [-0.1, -0.05) is 31.9 Å². The Hall–Kier alpha value is -1.16. The molecule has 0 spiro atoms. The Morgan fingerprint density at radius 3 is 2.58 bits per heavy atom. The first-order valence-electron chi connectivity index (χ1n) is 13.9. The quantitative estimate of drug-likeness (QED) is 0.380. The minimum Gasteiger partial charge on any atom is -0.462 e. The summed E-state index contributed by atoms with van der Waals surface area (Å²) in [5.74, 6) is 2.85. The van der Waals surface area contributed by atoms with Crippen molar-refractivity contribution < 1.29 is 14.3 Å². The molecule has 4 nitrogen and oxygen atoms in total. The fraction of sp³-hybridized carbons (Fsp3) is 0.862. The van der Waals surface area contributed by atoms with Gasteiger partial charge in [-0.2, -0.15) is 0 Å². The highest BCUT2D eigenvalue weighted by Gasteiger charge is 2.59. The number of esters is 1. The lowest BCUT2D eigenvalue weighted by Crippen LogP contribution is -2.51. The van der Waals surface area contributed by atoms with Gasteiger partial charge in [0.15, 0.2) is 0 Å². The van der Waals surface area contributed by atoms with Crippen LogP contribution < -0.4 is 0 Å². The van der Waals surface area contributed by atoms with Crippen LogP contribution in [-0.4, -0.2) is 42.4 Å². The van der Waals surface area contributed by atoms with Crippen molar-refractivity contribution in [1.29, 1.82) is 0 Å². The van der Waals surface area contributed by atoms with E-state index in [1.54, 1.807) is 5.57 Å². The van der Waals surface area contributed by atoms with Crippen molar-refractivity contribution in [1.82, 2.24) is 4.90 Å². The Morgan fingerprint density at radius 2 is 1.82 bits per heavy atom. The Bertz CT molecular complexity index is 799. The molecule has 1 saturated heterocycles. The van der Waals surface area contributed by atoms with E-state index in [1.807, 2.05) is 6.92 Å². The zero-order valence-electron chi connectivity index (χ0n) is 21.2. The van der Waals surface area contributed by atoms with Gasteiger partial charge in [0.1, 0.15) is 11.9 Å². The second-order valence-electron chi connectivity index (χ2n) is 12.6. The Balaban J connectivity index is 1.21. The third-order valence-electron chi connectivity index (χ3n) is 10.9. The Labute approximate surface area is 200 Å². The average Bonchev–Trinajstić information content (AvgIpc) is 3.16.